The third-order valence-electron chi connectivity index (χ3n) is 6.86. The van der Waals surface area contributed by atoms with Crippen LogP contribution in [-0.4, -0.2) is 90.7 Å². The van der Waals surface area contributed by atoms with E-state index in [1.807, 2.05) is 0 Å². The van der Waals surface area contributed by atoms with E-state index >= 15 is 0 Å². The molecule has 4 rings (SSSR count). The maximum atomic E-state index is 13.4. The van der Waals surface area contributed by atoms with Crippen LogP contribution in [0.3, 0.4) is 0 Å². The fourth-order valence-corrected chi connectivity index (χ4v) is 4.99. The average Bonchev–Trinajstić information content (AvgIpc) is 3.34. The minimum absolute atomic E-state index is 0.0270. The Labute approximate surface area is 215 Å². The predicted octanol–water partition coefficient (Wildman–Crippen LogP) is 2.57. The van der Waals surface area contributed by atoms with Gasteiger partial charge in [-0.1, -0.05) is 12.1 Å². The molecule has 10 nitrogen and oxygen atoms in total. The number of ketones is 1. The molecule has 1 atom stereocenters. The first kappa shape index (κ1) is 26.4. The highest BCUT2D eigenvalue weighted by atomic mass is 16.5. The molecule has 2 N–H and O–H groups in total. The van der Waals surface area contributed by atoms with Gasteiger partial charge in [0.2, 0.25) is 0 Å². The number of carbonyl (C=O) groups excluding carboxylic acids is 3. The van der Waals surface area contributed by atoms with Crippen LogP contribution in [0.2, 0.25) is 0 Å². The van der Waals surface area contributed by atoms with Gasteiger partial charge in [0.15, 0.2) is 0 Å². The first-order valence-corrected chi connectivity index (χ1v) is 12.4. The molecule has 0 spiro atoms. The van der Waals surface area contributed by atoms with Crippen molar-refractivity contribution in [2.75, 3.05) is 53.1 Å². The zero-order chi connectivity index (χ0) is 26.7. The second-order valence-corrected chi connectivity index (χ2v) is 9.07. The molecule has 2 fully saturated rings. The lowest BCUT2D eigenvalue weighted by Crippen LogP contribution is -2.42. The molecule has 10 heteroatoms. The number of hydrogen-bond donors (Lipinski definition) is 2. The van der Waals surface area contributed by atoms with E-state index in [4.69, 9.17) is 14.2 Å². The maximum absolute atomic E-state index is 13.4. The molecule has 0 bridgehead atoms. The number of H-pyrrole nitrogens is 1. The van der Waals surface area contributed by atoms with E-state index in [1.54, 1.807) is 45.0 Å². The van der Waals surface area contributed by atoms with Crippen molar-refractivity contribution < 1.29 is 33.7 Å². The lowest BCUT2D eigenvalue weighted by Gasteiger charge is -2.31. The number of aliphatic hydroxyl groups excluding tert-OH is 1. The summed E-state index contributed by atoms with van der Waals surface area (Å²) < 4.78 is 15.9. The van der Waals surface area contributed by atoms with Crippen molar-refractivity contribution in [3.8, 4) is 5.75 Å². The molecule has 2 aromatic rings. The molecule has 1 amide bonds. The SMILES string of the molecule is CCOC(=O)c1[nH]c(C)c(C(O)=C2C(=O)C(=O)N(CCN3CCOCC3)C2c2cccc(OC)c2)c1C. The summed E-state index contributed by atoms with van der Waals surface area (Å²) in [5.41, 5.74) is 2.04. The summed E-state index contributed by atoms with van der Waals surface area (Å²) in [7, 11) is 1.54. The molecule has 2 aliphatic heterocycles. The van der Waals surface area contributed by atoms with Crippen molar-refractivity contribution in [2.24, 2.45) is 0 Å². The standard InChI is InChI=1S/C27H33N3O7/c1-5-37-27(34)22-16(2)20(17(3)28-22)24(31)21-23(18-7-6-8-19(15-18)35-4)30(26(33)25(21)32)10-9-29-11-13-36-14-12-29/h6-8,15,23,28,31H,5,9-14H2,1-4H3. The van der Waals surface area contributed by atoms with Crippen molar-refractivity contribution in [3.05, 3.63) is 57.9 Å². The van der Waals surface area contributed by atoms with E-state index < -0.39 is 23.7 Å². The first-order chi connectivity index (χ1) is 17.8. The minimum atomic E-state index is -0.823. The van der Waals surface area contributed by atoms with Crippen LogP contribution >= 0.6 is 0 Å². The highest BCUT2D eigenvalue weighted by Gasteiger charge is 2.46. The first-order valence-electron chi connectivity index (χ1n) is 12.4. The van der Waals surface area contributed by atoms with Gasteiger partial charge in [-0.05, 0) is 44.0 Å². The molecule has 0 saturated carbocycles. The number of benzene rings is 1. The van der Waals surface area contributed by atoms with E-state index in [0.717, 1.165) is 13.1 Å². The molecule has 3 heterocycles. The van der Waals surface area contributed by atoms with Gasteiger partial charge in [0.25, 0.3) is 11.7 Å². The fourth-order valence-electron chi connectivity index (χ4n) is 4.99. The Bertz CT molecular complexity index is 1230. The Balaban J connectivity index is 1.80. The van der Waals surface area contributed by atoms with Crippen LogP contribution in [0.1, 0.15) is 45.8 Å². The van der Waals surface area contributed by atoms with E-state index in [2.05, 4.69) is 9.88 Å². The highest BCUT2D eigenvalue weighted by Crippen LogP contribution is 2.41. The normalized spacial score (nSPS) is 19.9. The number of aromatic amines is 1. The van der Waals surface area contributed by atoms with E-state index in [9.17, 15) is 19.5 Å². The van der Waals surface area contributed by atoms with E-state index in [-0.39, 0.29) is 23.6 Å². The number of methoxy groups -OCH3 is 1. The van der Waals surface area contributed by atoms with E-state index in [1.165, 1.54) is 12.0 Å². The molecule has 2 aliphatic rings. The average molecular weight is 512 g/mol. The molecule has 1 aromatic carbocycles. The predicted molar refractivity (Wildman–Crippen MR) is 135 cm³/mol. The Morgan fingerprint density at radius 3 is 2.59 bits per heavy atom. The van der Waals surface area contributed by atoms with Crippen LogP contribution < -0.4 is 4.74 Å². The van der Waals surface area contributed by atoms with Gasteiger partial charge in [0.1, 0.15) is 17.2 Å². The van der Waals surface area contributed by atoms with E-state index in [0.29, 0.717) is 54.4 Å². The Hall–Kier alpha value is -3.63. The number of aliphatic hydroxyl groups is 1. The van der Waals surface area contributed by atoms with Crippen LogP contribution in [0.15, 0.2) is 29.8 Å². The number of aromatic nitrogens is 1. The Kier molecular flexibility index (Phi) is 7.99. The zero-order valence-corrected chi connectivity index (χ0v) is 21.6. The van der Waals surface area contributed by atoms with Gasteiger partial charge in [-0.15, -0.1) is 0 Å². The third-order valence-corrected chi connectivity index (χ3v) is 6.86. The zero-order valence-electron chi connectivity index (χ0n) is 21.6. The lowest BCUT2D eigenvalue weighted by molar-refractivity contribution is -0.140. The van der Waals surface area contributed by atoms with Crippen LogP contribution in [0.5, 0.6) is 5.75 Å². The van der Waals surface area contributed by atoms with Gasteiger partial charge in [-0.2, -0.15) is 0 Å². The van der Waals surface area contributed by atoms with Crippen LogP contribution in [0.25, 0.3) is 5.76 Å². The van der Waals surface area contributed by atoms with Gasteiger partial charge < -0.3 is 29.2 Å². The van der Waals surface area contributed by atoms with Gasteiger partial charge in [0, 0.05) is 37.4 Å². The topological polar surface area (TPSA) is 121 Å². The minimum Gasteiger partial charge on any atom is -0.507 e. The van der Waals surface area contributed by atoms with Gasteiger partial charge in [-0.25, -0.2) is 4.79 Å². The molecular weight excluding hydrogens is 478 g/mol. The quantitative estimate of drug-likeness (QED) is 0.240. The molecule has 0 radical (unpaired) electrons. The summed E-state index contributed by atoms with van der Waals surface area (Å²) in [5.74, 6) is -1.78. The smallest absolute Gasteiger partial charge is 0.355 e. The van der Waals surface area contributed by atoms with Gasteiger partial charge >= 0.3 is 5.97 Å². The van der Waals surface area contributed by atoms with Gasteiger partial charge in [0.05, 0.1) is 38.5 Å². The molecule has 1 unspecified atom stereocenters. The number of amides is 1. The number of esters is 1. The van der Waals surface area contributed by atoms with Crippen molar-refractivity contribution in [1.29, 1.82) is 0 Å². The molecule has 2 saturated heterocycles. The lowest BCUT2D eigenvalue weighted by atomic mass is 9.94. The van der Waals surface area contributed by atoms with Crippen molar-refractivity contribution in [3.63, 3.8) is 0 Å². The number of aryl methyl sites for hydroxylation is 1. The Morgan fingerprint density at radius 1 is 1.19 bits per heavy atom. The van der Waals surface area contributed by atoms with Crippen LogP contribution in [0.4, 0.5) is 0 Å². The van der Waals surface area contributed by atoms with Gasteiger partial charge in [-0.3, -0.25) is 14.5 Å². The Morgan fingerprint density at radius 2 is 1.92 bits per heavy atom. The molecular formula is C27H33N3O7. The number of nitrogens with zero attached hydrogens (tertiary/aromatic N) is 2. The number of likely N-dealkylation sites (tertiary alicyclic amines) is 1. The second-order valence-electron chi connectivity index (χ2n) is 9.07. The van der Waals surface area contributed by atoms with Crippen molar-refractivity contribution in [1.82, 2.24) is 14.8 Å². The highest BCUT2D eigenvalue weighted by molar-refractivity contribution is 6.46. The summed E-state index contributed by atoms with van der Waals surface area (Å²) in [6.45, 7) is 8.84. The summed E-state index contributed by atoms with van der Waals surface area (Å²) >= 11 is 0. The molecule has 0 aliphatic carbocycles. The van der Waals surface area contributed by atoms with Crippen LogP contribution in [-0.2, 0) is 19.1 Å². The molecule has 1 aromatic heterocycles. The molecule has 198 valence electrons. The number of Topliss-reactive ketones (excluding diaryl/α,β-unsaturated/α-hetero) is 1. The largest absolute Gasteiger partial charge is 0.507 e. The summed E-state index contributed by atoms with van der Waals surface area (Å²) in [6.07, 6.45) is 0. The third kappa shape index (κ3) is 5.12. The summed E-state index contributed by atoms with van der Waals surface area (Å²) in [5, 5.41) is 11.5. The number of carbonyl (C=O) groups is 3. The number of hydrogen-bond acceptors (Lipinski definition) is 8. The summed E-state index contributed by atoms with van der Waals surface area (Å²) in [6, 6.07) is 6.29. The number of rotatable bonds is 8. The number of morpholine rings is 1. The number of nitrogens with one attached hydrogen (secondary N) is 1. The number of ether oxygens (including phenoxy) is 3. The second kappa shape index (κ2) is 11.2. The monoisotopic (exact) mass is 511 g/mol. The van der Waals surface area contributed by atoms with Crippen molar-refractivity contribution in [2.45, 2.75) is 26.8 Å². The summed E-state index contributed by atoms with van der Waals surface area (Å²) in [4.78, 5) is 45.8. The van der Waals surface area contributed by atoms with Crippen LogP contribution in [0, 0.1) is 13.8 Å². The van der Waals surface area contributed by atoms with Crippen molar-refractivity contribution >= 4 is 23.4 Å². The molecule has 37 heavy (non-hydrogen) atoms. The fraction of sp³-hybridized carbons (Fsp3) is 0.444. The maximum Gasteiger partial charge on any atom is 0.355 e.